The Bertz CT molecular complexity index is 520. The normalized spacial score (nSPS) is 16.8. The Kier molecular flexibility index (Phi) is 2.63. The fraction of sp³-hybridized carbons (Fsp3) is 0.500. The van der Waals surface area contributed by atoms with Crippen molar-refractivity contribution in [3.8, 4) is 0 Å². The molecule has 1 aliphatic rings. The monoisotopic (exact) mass is 249 g/mol. The lowest BCUT2D eigenvalue weighted by atomic mass is 10.2. The quantitative estimate of drug-likeness (QED) is 0.888. The molecule has 0 radical (unpaired) electrons. The van der Waals surface area contributed by atoms with Crippen LogP contribution in [0.25, 0.3) is 4.96 Å². The van der Waals surface area contributed by atoms with Crippen molar-refractivity contribution in [1.82, 2.24) is 14.7 Å². The number of rotatable bonds is 2. The Hall–Kier alpha value is -1.36. The van der Waals surface area contributed by atoms with Crippen LogP contribution < -0.4 is 5.32 Å². The van der Waals surface area contributed by atoms with Crippen LogP contribution in [0.5, 0.6) is 0 Å². The maximum absolute atomic E-state index is 12.0. The second kappa shape index (κ2) is 4.14. The third-order valence-electron chi connectivity index (χ3n) is 3.19. The van der Waals surface area contributed by atoms with E-state index in [1.54, 1.807) is 11.3 Å². The van der Waals surface area contributed by atoms with Gasteiger partial charge in [0, 0.05) is 23.3 Å². The number of amides is 1. The minimum absolute atomic E-state index is 0.0366. The molecule has 2 heterocycles. The van der Waals surface area contributed by atoms with E-state index in [1.807, 2.05) is 23.7 Å². The minimum atomic E-state index is -0.0366. The SMILES string of the molecule is Cc1cn2cc(C(=O)NC3CCCC3)nc2s1. The molecule has 0 aromatic carbocycles. The summed E-state index contributed by atoms with van der Waals surface area (Å²) >= 11 is 1.60. The smallest absolute Gasteiger partial charge is 0.271 e. The fourth-order valence-corrected chi connectivity index (χ4v) is 3.16. The van der Waals surface area contributed by atoms with Crippen LogP contribution in [0.1, 0.15) is 41.0 Å². The first-order valence-electron chi connectivity index (χ1n) is 5.98. The number of imidazole rings is 1. The fourth-order valence-electron chi connectivity index (χ4n) is 2.35. The molecule has 1 N–H and O–H groups in total. The standard InChI is InChI=1S/C12H15N3OS/c1-8-6-15-7-10(14-12(15)17-8)11(16)13-9-4-2-3-5-9/h6-7,9H,2-5H2,1H3,(H,13,16). The van der Waals surface area contributed by atoms with Gasteiger partial charge in [-0.25, -0.2) is 4.98 Å². The molecule has 0 atom stereocenters. The lowest BCUT2D eigenvalue weighted by Gasteiger charge is -2.09. The number of aromatic nitrogens is 2. The third-order valence-corrected chi connectivity index (χ3v) is 4.11. The van der Waals surface area contributed by atoms with Gasteiger partial charge in [0.2, 0.25) is 0 Å². The second-order valence-electron chi connectivity index (χ2n) is 4.61. The summed E-state index contributed by atoms with van der Waals surface area (Å²) in [6.45, 7) is 2.04. The van der Waals surface area contributed by atoms with Gasteiger partial charge in [0.05, 0.1) is 0 Å². The number of hydrogen-bond donors (Lipinski definition) is 1. The summed E-state index contributed by atoms with van der Waals surface area (Å²) in [6.07, 6.45) is 8.47. The van der Waals surface area contributed by atoms with Gasteiger partial charge in [0.1, 0.15) is 5.69 Å². The van der Waals surface area contributed by atoms with Crippen molar-refractivity contribution >= 4 is 22.2 Å². The van der Waals surface area contributed by atoms with Gasteiger partial charge in [0.15, 0.2) is 4.96 Å². The zero-order chi connectivity index (χ0) is 11.8. The number of carbonyl (C=O) groups excluding carboxylic acids is 1. The largest absolute Gasteiger partial charge is 0.348 e. The van der Waals surface area contributed by atoms with Gasteiger partial charge in [-0.3, -0.25) is 9.20 Å². The predicted octanol–water partition coefficient (Wildman–Crippen LogP) is 2.38. The van der Waals surface area contributed by atoms with E-state index in [1.165, 1.54) is 17.7 Å². The predicted molar refractivity (Wildman–Crippen MR) is 67.5 cm³/mol. The maximum atomic E-state index is 12.0. The van der Waals surface area contributed by atoms with Gasteiger partial charge in [0.25, 0.3) is 5.91 Å². The Balaban J connectivity index is 1.77. The Morgan fingerprint density at radius 3 is 2.94 bits per heavy atom. The molecule has 5 heteroatoms. The molecular formula is C12H15N3OS. The van der Waals surface area contributed by atoms with Crippen LogP contribution in [0.4, 0.5) is 0 Å². The van der Waals surface area contributed by atoms with E-state index in [0.717, 1.165) is 17.8 Å². The van der Waals surface area contributed by atoms with Gasteiger partial charge >= 0.3 is 0 Å². The molecule has 0 spiro atoms. The van der Waals surface area contributed by atoms with Crippen molar-refractivity contribution in [2.75, 3.05) is 0 Å². The summed E-state index contributed by atoms with van der Waals surface area (Å²) in [5, 5.41) is 3.05. The number of hydrogen-bond acceptors (Lipinski definition) is 3. The van der Waals surface area contributed by atoms with Gasteiger partial charge in [-0.2, -0.15) is 0 Å². The Morgan fingerprint density at radius 2 is 2.24 bits per heavy atom. The molecule has 3 rings (SSSR count). The highest BCUT2D eigenvalue weighted by Gasteiger charge is 2.19. The first kappa shape index (κ1) is 10.8. The molecule has 1 fully saturated rings. The number of nitrogens with zero attached hydrogens (tertiary/aromatic N) is 2. The van der Waals surface area contributed by atoms with Crippen LogP contribution in [0, 0.1) is 6.92 Å². The van der Waals surface area contributed by atoms with Crippen LogP contribution in [-0.2, 0) is 0 Å². The van der Waals surface area contributed by atoms with Crippen molar-refractivity contribution in [2.45, 2.75) is 38.6 Å². The summed E-state index contributed by atoms with van der Waals surface area (Å²) in [5.41, 5.74) is 0.531. The van der Waals surface area contributed by atoms with E-state index in [-0.39, 0.29) is 5.91 Å². The van der Waals surface area contributed by atoms with Crippen LogP contribution in [0.2, 0.25) is 0 Å². The van der Waals surface area contributed by atoms with Crippen molar-refractivity contribution in [3.63, 3.8) is 0 Å². The molecule has 1 aliphatic carbocycles. The minimum Gasteiger partial charge on any atom is -0.348 e. The van der Waals surface area contributed by atoms with Gasteiger partial charge in [-0.15, -0.1) is 11.3 Å². The van der Waals surface area contributed by atoms with Crippen molar-refractivity contribution in [2.24, 2.45) is 0 Å². The lowest BCUT2D eigenvalue weighted by Crippen LogP contribution is -2.32. The molecule has 90 valence electrons. The van der Waals surface area contributed by atoms with Crippen LogP contribution >= 0.6 is 11.3 Å². The van der Waals surface area contributed by atoms with Gasteiger partial charge < -0.3 is 5.32 Å². The molecule has 1 amide bonds. The highest BCUT2D eigenvalue weighted by molar-refractivity contribution is 7.17. The summed E-state index contributed by atoms with van der Waals surface area (Å²) in [7, 11) is 0. The van der Waals surface area contributed by atoms with Crippen molar-refractivity contribution in [3.05, 3.63) is 23.0 Å². The second-order valence-corrected chi connectivity index (χ2v) is 5.83. The summed E-state index contributed by atoms with van der Waals surface area (Å²) in [6, 6.07) is 0.351. The topological polar surface area (TPSA) is 46.4 Å². The molecule has 4 nitrogen and oxygen atoms in total. The molecule has 17 heavy (non-hydrogen) atoms. The average molecular weight is 249 g/mol. The summed E-state index contributed by atoms with van der Waals surface area (Å²) in [4.78, 5) is 18.4. The molecular weight excluding hydrogens is 234 g/mol. The number of aryl methyl sites for hydroxylation is 1. The van der Waals surface area contributed by atoms with Crippen LogP contribution in [0.3, 0.4) is 0 Å². The van der Waals surface area contributed by atoms with Gasteiger partial charge in [-0.05, 0) is 19.8 Å². The Morgan fingerprint density at radius 1 is 1.47 bits per heavy atom. The van der Waals surface area contributed by atoms with E-state index in [2.05, 4.69) is 10.3 Å². The van der Waals surface area contributed by atoms with Crippen molar-refractivity contribution in [1.29, 1.82) is 0 Å². The molecule has 0 aliphatic heterocycles. The zero-order valence-electron chi connectivity index (χ0n) is 9.77. The number of thiazole rings is 1. The summed E-state index contributed by atoms with van der Waals surface area (Å²) in [5.74, 6) is -0.0366. The van der Waals surface area contributed by atoms with E-state index in [0.29, 0.717) is 11.7 Å². The van der Waals surface area contributed by atoms with E-state index < -0.39 is 0 Å². The molecule has 2 aromatic heterocycles. The first-order chi connectivity index (χ1) is 8.22. The number of nitrogens with one attached hydrogen (secondary N) is 1. The summed E-state index contributed by atoms with van der Waals surface area (Å²) < 4.78 is 1.92. The maximum Gasteiger partial charge on any atom is 0.271 e. The lowest BCUT2D eigenvalue weighted by molar-refractivity contribution is 0.0933. The van der Waals surface area contributed by atoms with Crippen molar-refractivity contribution < 1.29 is 4.79 Å². The number of carbonyl (C=O) groups is 1. The highest BCUT2D eigenvalue weighted by atomic mass is 32.1. The molecule has 0 bridgehead atoms. The van der Waals surface area contributed by atoms with Crippen LogP contribution in [0.15, 0.2) is 12.4 Å². The zero-order valence-corrected chi connectivity index (χ0v) is 10.6. The first-order valence-corrected chi connectivity index (χ1v) is 6.80. The highest BCUT2D eigenvalue weighted by Crippen LogP contribution is 2.19. The molecule has 1 saturated carbocycles. The molecule has 0 unspecified atom stereocenters. The van der Waals surface area contributed by atoms with Crippen LogP contribution in [-0.4, -0.2) is 21.3 Å². The van der Waals surface area contributed by atoms with E-state index in [4.69, 9.17) is 0 Å². The van der Waals surface area contributed by atoms with E-state index in [9.17, 15) is 4.79 Å². The number of fused-ring (bicyclic) bond motifs is 1. The van der Waals surface area contributed by atoms with E-state index >= 15 is 0 Å². The average Bonchev–Trinajstić information content (AvgIpc) is 2.92. The van der Waals surface area contributed by atoms with Gasteiger partial charge in [-0.1, -0.05) is 12.8 Å². The molecule has 0 saturated heterocycles. The molecule has 2 aromatic rings. The third kappa shape index (κ3) is 2.07. The Labute approximate surface area is 104 Å².